The lowest BCUT2D eigenvalue weighted by atomic mass is 10.1. The molecule has 1 aromatic carbocycles. The van der Waals surface area contributed by atoms with Crippen LogP contribution in [-0.4, -0.2) is 11.3 Å². The average molecular weight is 174 g/mol. The van der Waals surface area contributed by atoms with E-state index < -0.39 is 0 Å². The van der Waals surface area contributed by atoms with Gasteiger partial charge in [0.05, 0.1) is 5.69 Å². The number of H-pyrrole nitrogens is 1. The van der Waals surface area contributed by atoms with E-state index in [0.29, 0.717) is 6.42 Å². The maximum absolute atomic E-state index is 10.3. The van der Waals surface area contributed by atoms with E-state index in [0.717, 1.165) is 28.4 Å². The van der Waals surface area contributed by atoms with Gasteiger partial charge in [-0.15, -0.1) is 0 Å². The summed E-state index contributed by atoms with van der Waals surface area (Å²) in [6, 6.07) is 5.80. The zero-order valence-corrected chi connectivity index (χ0v) is 7.08. The van der Waals surface area contributed by atoms with Crippen LogP contribution in [0, 0.1) is 0 Å². The predicted octanol–water partition coefficient (Wildman–Crippen LogP) is 1.49. The highest BCUT2D eigenvalue weighted by atomic mass is 16.1. The Morgan fingerprint density at radius 1 is 1.46 bits per heavy atom. The fourth-order valence-electron chi connectivity index (χ4n) is 1.41. The van der Waals surface area contributed by atoms with Gasteiger partial charge in [-0.05, 0) is 17.7 Å². The molecule has 1 heterocycles. The van der Waals surface area contributed by atoms with Gasteiger partial charge >= 0.3 is 0 Å². The number of fused-ring (bicyclic) bond motifs is 1. The van der Waals surface area contributed by atoms with Crippen LogP contribution in [0.25, 0.3) is 10.9 Å². The fraction of sp³-hybridized carbons (Fsp3) is 0.100. The first-order valence-electron chi connectivity index (χ1n) is 4.10. The molecule has 0 spiro atoms. The number of nitrogens with one attached hydrogen (secondary N) is 1. The monoisotopic (exact) mass is 174 g/mol. The van der Waals surface area contributed by atoms with Crippen LogP contribution >= 0.6 is 0 Å². The van der Waals surface area contributed by atoms with Crippen LogP contribution in [0.15, 0.2) is 24.4 Å². The van der Waals surface area contributed by atoms with Crippen molar-refractivity contribution in [3.8, 4) is 0 Å². The summed E-state index contributed by atoms with van der Waals surface area (Å²) in [4.78, 5) is 13.3. The highest BCUT2D eigenvalue weighted by molar-refractivity contribution is 5.91. The van der Waals surface area contributed by atoms with Crippen LogP contribution < -0.4 is 5.73 Å². The van der Waals surface area contributed by atoms with Gasteiger partial charge in [-0.1, -0.05) is 6.07 Å². The molecule has 3 nitrogen and oxygen atoms in total. The molecular formula is C10H10N2O. The van der Waals surface area contributed by atoms with E-state index in [1.165, 1.54) is 0 Å². The zero-order chi connectivity index (χ0) is 9.26. The van der Waals surface area contributed by atoms with Crippen LogP contribution in [-0.2, 0) is 11.2 Å². The van der Waals surface area contributed by atoms with Gasteiger partial charge in [0, 0.05) is 23.5 Å². The molecule has 0 aliphatic heterocycles. The number of hydrogen-bond acceptors (Lipinski definition) is 2. The number of benzene rings is 1. The summed E-state index contributed by atoms with van der Waals surface area (Å²) in [5.74, 6) is 0. The molecule has 0 amide bonds. The third-order valence-electron chi connectivity index (χ3n) is 2.10. The van der Waals surface area contributed by atoms with Crippen molar-refractivity contribution in [1.29, 1.82) is 0 Å². The van der Waals surface area contributed by atoms with E-state index in [-0.39, 0.29) is 0 Å². The normalized spacial score (nSPS) is 10.5. The van der Waals surface area contributed by atoms with Crippen molar-refractivity contribution in [1.82, 2.24) is 4.98 Å². The number of hydrogen-bond donors (Lipinski definition) is 2. The Kier molecular flexibility index (Phi) is 1.77. The fourth-order valence-corrected chi connectivity index (χ4v) is 1.41. The van der Waals surface area contributed by atoms with Crippen molar-refractivity contribution in [2.75, 3.05) is 5.73 Å². The largest absolute Gasteiger partial charge is 0.397 e. The summed E-state index contributed by atoms with van der Waals surface area (Å²) >= 11 is 0. The third kappa shape index (κ3) is 1.28. The molecule has 0 aliphatic rings. The van der Waals surface area contributed by atoms with Crippen LogP contribution in [0.1, 0.15) is 5.56 Å². The van der Waals surface area contributed by atoms with Crippen LogP contribution in [0.2, 0.25) is 0 Å². The topological polar surface area (TPSA) is 58.9 Å². The van der Waals surface area contributed by atoms with Crippen LogP contribution in [0.4, 0.5) is 5.69 Å². The number of nitrogens with two attached hydrogens (primary N) is 1. The van der Waals surface area contributed by atoms with Gasteiger partial charge in [-0.3, -0.25) is 0 Å². The lowest BCUT2D eigenvalue weighted by Crippen LogP contribution is -1.86. The Morgan fingerprint density at radius 2 is 2.31 bits per heavy atom. The van der Waals surface area contributed by atoms with Gasteiger partial charge < -0.3 is 15.5 Å². The molecule has 0 radical (unpaired) electrons. The Balaban J connectivity index is 2.58. The molecule has 66 valence electrons. The number of nitrogen functional groups attached to an aromatic ring is 1. The lowest BCUT2D eigenvalue weighted by molar-refractivity contribution is -0.107. The smallest absolute Gasteiger partial charge is 0.124 e. The summed E-state index contributed by atoms with van der Waals surface area (Å²) in [6.45, 7) is 0. The molecular weight excluding hydrogens is 164 g/mol. The maximum atomic E-state index is 10.3. The highest BCUT2D eigenvalue weighted by Crippen LogP contribution is 2.21. The predicted molar refractivity (Wildman–Crippen MR) is 52.5 cm³/mol. The minimum absolute atomic E-state index is 0.445. The summed E-state index contributed by atoms with van der Waals surface area (Å²) in [5.41, 5.74) is 8.45. The van der Waals surface area contributed by atoms with E-state index in [1.54, 1.807) is 6.20 Å². The molecule has 0 bridgehead atoms. The van der Waals surface area contributed by atoms with Gasteiger partial charge in [0.15, 0.2) is 0 Å². The summed E-state index contributed by atoms with van der Waals surface area (Å²) in [5, 5.41) is 0.986. The zero-order valence-electron chi connectivity index (χ0n) is 7.08. The minimum atomic E-state index is 0.445. The number of aldehydes is 1. The quantitative estimate of drug-likeness (QED) is 0.677. The number of anilines is 1. The minimum Gasteiger partial charge on any atom is -0.397 e. The number of carbonyl (C=O) groups excluding carboxylic acids is 1. The van der Waals surface area contributed by atoms with Gasteiger partial charge in [-0.2, -0.15) is 0 Å². The molecule has 0 fully saturated rings. The molecule has 2 rings (SSSR count). The molecule has 0 aliphatic carbocycles. The van der Waals surface area contributed by atoms with Gasteiger partial charge in [0.25, 0.3) is 0 Å². The second-order valence-electron chi connectivity index (χ2n) is 2.99. The molecule has 0 saturated carbocycles. The number of aromatic nitrogens is 1. The van der Waals surface area contributed by atoms with Crippen molar-refractivity contribution in [3.05, 3.63) is 30.0 Å². The lowest BCUT2D eigenvalue weighted by Gasteiger charge is -1.96. The van der Waals surface area contributed by atoms with E-state index in [1.807, 2.05) is 18.2 Å². The number of aromatic amines is 1. The molecule has 0 atom stereocenters. The molecule has 13 heavy (non-hydrogen) atoms. The molecule has 3 heteroatoms. The van der Waals surface area contributed by atoms with Crippen molar-refractivity contribution in [2.24, 2.45) is 0 Å². The molecule has 3 N–H and O–H groups in total. The van der Waals surface area contributed by atoms with Gasteiger partial charge in [0.1, 0.15) is 6.29 Å². The van der Waals surface area contributed by atoms with E-state index in [4.69, 9.17) is 5.73 Å². The first-order chi connectivity index (χ1) is 6.31. The molecule has 2 aromatic rings. The van der Waals surface area contributed by atoms with Crippen molar-refractivity contribution < 1.29 is 4.79 Å². The van der Waals surface area contributed by atoms with Crippen LogP contribution in [0.3, 0.4) is 0 Å². The summed E-state index contributed by atoms with van der Waals surface area (Å²) in [7, 11) is 0. The Bertz CT molecular complexity index is 445. The second kappa shape index (κ2) is 2.94. The van der Waals surface area contributed by atoms with Crippen LogP contribution in [0.5, 0.6) is 0 Å². The average Bonchev–Trinajstić information content (AvgIpc) is 2.49. The molecule has 0 saturated heterocycles. The first-order valence-corrected chi connectivity index (χ1v) is 4.10. The van der Waals surface area contributed by atoms with E-state index in [9.17, 15) is 4.79 Å². The summed E-state index contributed by atoms with van der Waals surface area (Å²) in [6.07, 6.45) is 3.10. The van der Waals surface area contributed by atoms with Gasteiger partial charge in [0.2, 0.25) is 0 Å². The number of rotatable bonds is 2. The van der Waals surface area contributed by atoms with Crippen molar-refractivity contribution >= 4 is 22.9 Å². The first kappa shape index (κ1) is 7.86. The Morgan fingerprint density at radius 3 is 3.08 bits per heavy atom. The standard InChI is InChI=1S/C10H10N2O/c11-9-6-12-10-2-1-7(3-4-13)5-8(9)10/h1-2,4-6,12H,3,11H2. The maximum Gasteiger partial charge on any atom is 0.124 e. The Labute approximate surface area is 75.6 Å². The van der Waals surface area contributed by atoms with Crippen molar-refractivity contribution in [2.45, 2.75) is 6.42 Å². The molecule has 0 unspecified atom stereocenters. The number of carbonyl (C=O) groups is 1. The summed E-state index contributed by atoms with van der Waals surface area (Å²) < 4.78 is 0. The Hall–Kier alpha value is -1.77. The van der Waals surface area contributed by atoms with Gasteiger partial charge in [-0.25, -0.2) is 0 Å². The third-order valence-corrected chi connectivity index (χ3v) is 2.10. The molecule has 1 aromatic heterocycles. The van der Waals surface area contributed by atoms with E-state index in [2.05, 4.69) is 4.98 Å². The SMILES string of the molecule is Nc1c[nH]c2ccc(CC=O)cc12. The second-order valence-corrected chi connectivity index (χ2v) is 2.99. The van der Waals surface area contributed by atoms with E-state index >= 15 is 0 Å². The van der Waals surface area contributed by atoms with Crippen molar-refractivity contribution in [3.63, 3.8) is 0 Å². The highest BCUT2D eigenvalue weighted by Gasteiger charge is 2.00.